The Hall–Kier alpha value is -2.86. The zero-order chi connectivity index (χ0) is 20.1. The maximum Gasteiger partial charge on any atom is 0.193 e. The van der Waals surface area contributed by atoms with Crippen LogP contribution >= 0.6 is 0 Å². The summed E-state index contributed by atoms with van der Waals surface area (Å²) in [7, 11) is 2.89. The van der Waals surface area contributed by atoms with Gasteiger partial charge in [-0.3, -0.25) is 9.59 Å². The molecule has 0 fully saturated rings. The molecule has 0 aliphatic carbocycles. The van der Waals surface area contributed by atoms with Crippen LogP contribution < -0.4 is 9.47 Å². The molecule has 1 unspecified atom stereocenters. The first-order valence-corrected chi connectivity index (χ1v) is 8.61. The number of benzene rings is 2. The first-order valence-electron chi connectivity index (χ1n) is 8.61. The van der Waals surface area contributed by atoms with Gasteiger partial charge in [-0.1, -0.05) is 6.92 Å². The van der Waals surface area contributed by atoms with E-state index in [1.807, 2.05) is 6.92 Å². The van der Waals surface area contributed by atoms with E-state index >= 15 is 0 Å². The van der Waals surface area contributed by atoms with Crippen molar-refractivity contribution in [3.8, 4) is 17.2 Å². The van der Waals surface area contributed by atoms with Crippen molar-refractivity contribution in [1.29, 1.82) is 0 Å². The van der Waals surface area contributed by atoms with Crippen molar-refractivity contribution >= 4 is 11.6 Å². The minimum atomic E-state index is -0.475. The fraction of sp³-hybridized carbons (Fsp3) is 0.333. The van der Waals surface area contributed by atoms with Gasteiger partial charge < -0.3 is 19.7 Å². The first-order chi connectivity index (χ1) is 12.9. The number of aromatic hydroxyl groups is 1. The van der Waals surface area contributed by atoms with Gasteiger partial charge in [-0.2, -0.15) is 0 Å². The Morgan fingerprint density at radius 1 is 1.07 bits per heavy atom. The number of Topliss-reactive ketones (excluding diaryl/α,β-unsaturated/α-hetero) is 1. The van der Waals surface area contributed by atoms with Crippen LogP contribution in [0.25, 0.3) is 0 Å². The van der Waals surface area contributed by atoms with Crippen LogP contribution in [0, 0.1) is 0 Å². The number of methoxy groups -OCH3 is 2. The highest BCUT2D eigenvalue weighted by molar-refractivity contribution is 6.11. The van der Waals surface area contributed by atoms with E-state index in [0.29, 0.717) is 28.9 Å². The Bertz CT molecular complexity index is 856. The Morgan fingerprint density at radius 3 is 2.22 bits per heavy atom. The third-order valence-corrected chi connectivity index (χ3v) is 4.58. The summed E-state index contributed by atoms with van der Waals surface area (Å²) in [5.41, 5.74) is 1.54. The molecule has 144 valence electrons. The largest absolute Gasteiger partial charge is 0.504 e. The van der Waals surface area contributed by atoms with Gasteiger partial charge in [0.15, 0.2) is 17.3 Å². The molecule has 0 radical (unpaired) electrons. The number of aliphatic hydroxyl groups excluding tert-OH is 1. The number of hydrogen-bond acceptors (Lipinski definition) is 6. The molecule has 0 aliphatic heterocycles. The summed E-state index contributed by atoms with van der Waals surface area (Å²) in [6.45, 7) is 3.04. The number of ketones is 2. The Balaban J connectivity index is 2.67. The van der Waals surface area contributed by atoms with Gasteiger partial charge in [0, 0.05) is 22.6 Å². The minimum Gasteiger partial charge on any atom is -0.504 e. The number of phenolic OH excluding ortho intramolecular Hbond substituents is 1. The fourth-order valence-corrected chi connectivity index (χ4v) is 3.15. The van der Waals surface area contributed by atoms with E-state index in [0.717, 1.165) is 0 Å². The van der Waals surface area contributed by atoms with Crippen LogP contribution in [0.3, 0.4) is 0 Å². The van der Waals surface area contributed by atoms with Gasteiger partial charge in [0.25, 0.3) is 0 Å². The van der Waals surface area contributed by atoms with Gasteiger partial charge in [0.2, 0.25) is 0 Å². The third-order valence-electron chi connectivity index (χ3n) is 4.58. The number of carbonyl (C=O) groups excluding carboxylic acids is 2. The number of phenols is 1. The van der Waals surface area contributed by atoms with E-state index < -0.39 is 5.92 Å². The highest BCUT2D eigenvalue weighted by Crippen LogP contribution is 2.34. The van der Waals surface area contributed by atoms with E-state index in [2.05, 4.69) is 0 Å². The molecule has 0 saturated carbocycles. The van der Waals surface area contributed by atoms with Crippen molar-refractivity contribution in [2.75, 3.05) is 14.2 Å². The molecule has 2 rings (SSSR count). The Morgan fingerprint density at radius 2 is 1.74 bits per heavy atom. The van der Waals surface area contributed by atoms with Crippen LogP contribution in [0.2, 0.25) is 0 Å². The molecule has 1 atom stereocenters. The van der Waals surface area contributed by atoms with E-state index in [-0.39, 0.29) is 35.2 Å². The van der Waals surface area contributed by atoms with Gasteiger partial charge in [-0.15, -0.1) is 0 Å². The molecule has 0 aliphatic rings. The number of carbonyl (C=O) groups is 2. The number of hydrogen-bond donors (Lipinski definition) is 2. The quantitative estimate of drug-likeness (QED) is 0.691. The maximum absolute atomic E-state index is 13.1. The van der Waals surface area contributed by atoms with Gasteiger partial charge in [-0.05, 0) is 49.2 Å². The zero-order valence-electron chi connectivity index (χ0n) is 15.9. The molecule has 27 heavy (non-hydrogen) atoms. The summed E-state index contributed by atoms with van der Waals surface area (Å²) in [4.78, 5) is 25.3. The van der Waals surface area contributed by atoms with Crippen molar-refractivity contribution in [2.24, 2.45) is 0 Å². The minimum absolute atomic E-state index is 0.0667. The Labute approximate surface area is 158 Å². The molecule has 2 aromatic rings. The summed E-state index contributed by atoms with van der Waals surface area (Å²) in [6.07, 6.45) is 0.519. The maximum atomic E-state index is 13.1. The predicted molar refractivity (Wildman–Crippen MR) is 101 cm³/mol. The summed E-state index contributed by atoms with van der Waals surface area (Å²) >= 11 is 0. The molecular formula is C21H24O6. The summed E-state index contributed by atoms with van der Waals surface area (Å²) in [6, 6.07) is 7.55. The lowest BCUT2D eigenvalue weighted by molar-refractivity contribution is -0.118. The number of aliphatic hydroxyl groups is 1. The molecule has 0 amide bonds. The molecule has 0 bridgehead atoms. The van der Waals surface area contributed by atoms with Crippen molar-refractivity contribution in [2.45, 2.75) is 32.8 Å². The summed E-state index contributed by atoms with van der Waals surface area (Å²) in [5.74, 6) is -0.381. The highest BCUT2D eigenvalue weighted by Gasteiger charge is 2.25. The van der Waals surface area contributed by atoms with Gasteiger partial charge >= 0.3 is 0 Å². The number of rotatable bonds is 8. The second-order valence-electron chi connectivity index (χ2n) is 6.20. The van der Waals surface area contributed by atoms with Gasteiger partial charge in [0.05, 0.1) is 20.8 Å². The normalized spacial score (nSPS) is 11.7. The standard InChI is InChI=1S/C21H24O6/c1-5-15(12(2)23)16-10-20(27-4)14(11-22)8-17(16)21(25)13-6-7-19(26-3)18(24)9-13/h6-10,15,22,24H,5,11H2,1-4H3. The van der Waals surface area contributed by atoms with Crippen LogP contribution in [-0.2, 0) is 11.4 Å². The van der Waals surface area contributed by atoms with Gasteiger partial charge in [0.1, 0.15) is 11.5 Å². The van der Waals surface area contributed by atoms with Crippen molar-refractivity contribution in [1.82, 2.24) is 0 Å². The van der Waals surface area contributed by atoms with Crippen LogP contribution in [0.5, 0.6) is 17.2 Å². The van der Waals surface area contributed by atoms with Crippen molar-refractivity contribution in [3.05, 3.63) is 52.6 Å². The molecule has 6 heteroatoms. The van der Waals surface area contributed by atoms with E-state index in [1.165, 1.54) is 33.3 Å². The fourth-order valence-electron chi connectivity index (χ4n) is 3.15. The third kappa shape index (κ3) is 4.11. The van der Waals surface area contributed by atoms with Crippen LogP contribution in [0.15, 0.2) is 30.3 Å². The monoisotopic (exact) mass is 372 g/mol. The SMILES string of the molecule is CCC(C(C)=O)c1cc(OC)c(CO)cc1C(=O)c1ccc(OC)c(O)c1. The van der Waals surface area contributed by atoms with Crippen molar-refractivity contribution < 1.29 is 29.3 Å². The molecule has 0 saturated heterocycles. The topological polar surface area (TPSA) is 93.1 Å². The second-order valence-corrected chi connectivity index (χ2v) is 6.20. The van der Waals surface area contributed by atoms with Crippen LogP contribution in [-0.4, -0.2) is 36.0 Å². The molecule has 0 aromatic heterocycles. The average Bonchev–Trinajstić information content (AvgIpc) is 2.67. The van der Waals surface area contributed by atoms with E-state index in [1.54, 1.807) is 18.2 Å². The number of ether oxygens (including phenoxy) is 2. The molecule has 0 heterocycles. The second kappa shape index (κ2) is 8.68. The highest BCUT2D eigenvalue weighted by atomic mass is 16.5. The molecular weight excluding hydrogens is 348 g/mol. The lowest BCUT2D eigenvalue weighted by atomic mass is 9.85. The Kier molecular flexibility index (Phi) is 6.58. The molecule has 2 N–H and O–H groups in total. The molecule has 0 spiro atoms. The van der Waals surface area contributed by atoms with E-state index in [4.69, 9.17) is 9.47 Å². The van der Waals surface area contributed by atoms with Gasteiger partial charge in [-0.25, -0.2) is 0 Å². The lowest BCUT2D eigenvalue weighted by Crippen LogP contribution is -2.15. The summed E-state index contributed by atoms with van der Waals surface area (Å²) < 4.78 is 10.3. The smallest absolute Gasteiger partial charge is 0.193 e. The average molecular weight is 372 g/mol. The van der Waals surface area contributed by atoms with Crippen molar-refractivity contribution in [3.63, 3.8) is 0 Å². The summed E-state index contributed by atoms with van der Waals surface area (Å²) in [5, 5.41) is 19.6. The first kappa shape index (κ1) is 20.5. The zero-order valence-corrected chi connectivity index (χ0v) is 15.9. The van der Waals surface area contributed by atoms with Crippen LogP contribution in [0.4, 0.5) is 0 Å². The molecule has 6 nitrogen and oxygen atoms in total. The van der Waals surface area contributed by atoms with Crippen LogP contribution in [0.1, 0.15) is 53.2 Å². The lowest BCUT2D eigenvalue weighted by Gasteiger charge is -2.19. The molecule has 2 aromatic carbocycles. The van der Waals surface area contributed by atoms with E-state index in [9.17, 15) is 19.8 Å². The predicted octanol–water partition coefficient (Wildman–Crippen LogP) is 3.22.